The summed E-state index contributed by atoms with van der Waals surface area (Å²) in [5.74, 6) is -0.483. The summed E-state index contributed by atoms with van der Waals surface area (Å²) in [5.41, 5.74) is 1.25. The van der Waals surface area contributed by atoms with Crippen molar-refractivity contribution in [2.45, 2.75) is 19.4 Å². The molecule has 0 saturated carbocycles. The predicted octanol–water partition coefficient (Wildman–Crippen LogP) is 4.04. The molecule has 0 saturated heterocycles. The number of halogens is 1. The Balaban J connectivity index is 1.85. The zero-order chi connectivity index (χ0) is 21.0. The maximum Gasteiger partial charge on any atom is 0.250 e. The van der Waals surface area contributed by atoms with E-state index in [0.29, 0.717) is 20.8 Å². The first-order valence-corrected chi connectivity index (χ1v) is 11.8. The van der Waals surface area contributed by atoms with Gasteiger partial charge in [-0.25, -0.2) is 8.42 Å². The maximum absolute atomic E-state index is 12.9. The first-order valence-electron chi connectivity index (χ1n) is 8.74. The standard InChI is InChI=1S/C19H19ClN4O3S2/c1-3-16(24(29(2,26)27)15-11-9-14(20)10-12-15)17(25)21-19-23-22-18(28-19)13-7-5-4-6-8-13/h4-12,16H,3H2,1-2H3,(H,21,23,25). The van der Waals surface area contributed by atoms with E-state index in [4.69, 9.17) is 11.6 Å². The van der Waals surface area contributed by atoms with Gasteiger partial charge < -0.3 is 0 Å². The minimum absolute atomic E-state index is 0.270. The van der Waals surface area contributed by atoms with E-state index in [9.17, 15) is 13.2 Å². The first-order chi connectivity index (χ1) is 13.8. The molecule has 0 spiro atoms. The smallest absolute Gasteiger partial charge is 0.250 e. The van der Waals surface area contributed by atoms with Crippen molar-refractivity contribution in [2.24, 2.45) is 0 Å². The SMILES string of the molecule is CCC(C(=O)Nc1nnc(-c2ccccc2)s1)N(c1ccc(Cl)cc1)S(C)(=O)=O. The molecule has 1 atom stereocenters. The molecule has 10 heteroatoms. The van der Waals surface area contributed by atoms with E-state index < -0.39 is 22.0 Å². The van der Waals surface area contributed by atoms with Crippen molar-refractivity contribution in [1.82, 2.24) is 10.2 Å². The highest BCUT2D eigenvalue weighted by atomic mass is 35.5. The molecule has 1 aromatic heterocycles. The zero-order valence-corrected chi connectivity index (χ0v) is 18.1. The Labute approximate surface area is 178 Å². The number of hydrogen-bond donors (Lipinski definition) is 1. The number of nitrogens with zero attached hydrogens (tertiary/aromatic N) is 3. The van der Waals surface area contributed by atoms with Crippen molar-refractivity contribution in [2.75, 3.05) is 15.9 Å². The van der Waals surface area contributed by atoms with Crippen LogP contribution in [0.25, 0.3) is 10.6 Å². The molecule has 0 aliphatic rings. The van der Waals surface area contributed by atoms with Crippen molar-refractivity contribution < 1.29 is 13.2 Å². The van der Waals surface area contributed by atoms with Crippen molar-refractivity contribution in [3.05, 3.63) is 59.6 Å². The first kappa shape index (κ1) is 21.2. The van der Waals surface area contributed by atoms with Gasteiger partial charge in [-0.1, -0.05) is 60.2 Å². The average Bonchev–Trinajstić information content (AvgIpc) is 3.15. The second kappa shape index (κ2) is 8.89. The molecule has 2 aromatic carbocycles. The Bertz CT molecular complexity index is 1090. The van der Waals surface area contributed by atoms with Crippen LogP contribution in [0.1, 0.15) is 13.3 Å². The van der Waals surface area contributed by atoms with E-state index >= 15 is 0 Å². The molecule has 1 unspecified atom stereocenters. The van der Waals surface area contributed by atoms with Gasteiger partial charge in [0.2, 0.25) is 21.1 Å². The quantitative estimate of drug-likeness (QED) is 0.586. The lowest BCUT2D eigenvalue weighted by molar-refractivity contribution is -0.117. The van der Waals surface area contributed by atoms with Gasteiger partial charge >= 0.3 is 0 Å². The molecule has 152 valence electrons. The average molecular weight is 451 g/mol. The Hall–Kier alpha value is -2.49. The number of benzene rings is 2. The Morgan fingerprint density at radius 1 is 1.14 bits per heavy atom. The summed E-state index contributed by atoms with van der Waals surface area (Å²) < 4.78 is 26.0. The van der Waals surface area contributed by atoms with Gasteiger partial charge in [0.25, 0.3) is 0 Å². The number of aromatic nitrogens is 2. The van der Waals surface area contributed by atoms with E-state index in [2.05, 4.69) is 15.5 Å². The van der Waals surface area contributed by atoms with Crippen LogP contribution in [0.4, 0.5) is 10.8 Å². The lowest BCUT2D eigenvalue weighted by Gasteiger charge is -2.29. The summed E-state index contributed by atoms with van der Waals surface area (Å²) in [6.07, 6.45) is 1.34. The summed E-state index contributed by atoms with van der Waals surface area (Å²) in [5, 5.41) is 12.2. The Morgan fingerprint density at radius 3 is 2.38 bits per heavy atom. The van der Waals surface area contributed by atoms with Crippen LogP contribution in [0, 0.1) is 0 Å². The van der Waals surface area contributed by atoms with Gasteiger partial charge in [0.1, 0.15) is 11.0 Å². The summed E-state index contributed by atoms with van der Waals surface area (Å²) in [7, 11) is -3.72. The number of nitrogens with one attached hydrogen (secondary N) is 1. The lowest BCUT2D eigenvalue weighted by Crippen LogP contribution is -2.46. The third-order valence-electron chi connectivity index (χ3n) is 4.09. The molecule has 1 heterocycles. The molecule has 29 heavy (non-hydrogen) atoms. The Morgan fingerprint density at radius 2 is 1.79 bits per heavy atom. The number of amides is 1. The van der Waals surface area contributed by atoms with Gasteiger partial charge in [0.05, 0.1) is 11.9 Å². The number of anilines is 2. The second-order valence-corrected chi connectivity index (χ2v) is 9.50. The summed E-state index contributed by atoms with van der Waals surface area (Å²) in [6, 6.07) is 14.8. The highest BCUT2D eigenvalue weighted by Gasteiger charge is 2.32. The third-order valence-corrected chi connectivity index (χ3v) is 6.41. The van der Waals surface area contributed by atoms with E-state index in [1.807, 2.05) is 30.3 Å². The fourth-order valence-electron chi connectivity index (χ4n) is 2.81. The summed E-state index contributed by atoms with van der Waals surface area (Å²) in [6.45, 7) is 1.74. The number of sulfonamides is 1. The topological polar surface area (TPSA) is 92.3 Å². The number of carbonyl (C=O) groups is 1. The normalized spacial score (nSPS) is 12.4. The minimum Gasteiger partial charge on any atom is -0.299 e. The van der Waals surface area contributed by atoms with Crippen molar-refractivity contribution in [1.29, 1.82) is 0 Å². The largest absolute Gasteiger partial charge is 0.299 e. The zero-order valence-electron chi connectivity index (χ0n) is 15.7. The highest BCUT2D eigenvalue weighted by Crippen LogP contribution is 2.28. The summed E-state index contributed by atoms with van der Waals surface area (Å²) >= 11 is 7.13. The lowest BCUT2D eigenvalue weighted by atomic mass is 10.2. The van der Waals surface area contributed by atoms with Crippen LogP contribution in [-0.4, -0.2) is 36.8 Å². The molecule has 3 aromatic rings. The van der Waals surface area contributed by atoms with Crippen LogP contribution in [-0.2, 0) is 14.8 Å². The van der Waals surface area contributed by atoms with Crippen LogP contribution in [0.5, 0.6) is 0 Å². The van der Waals surface area contributed by atoms with Gasteiger partial charge in [-0.15, -0.1) is 10.2 Å². The van der Waals surface area contributed by atoms with E-state index in [0.717, 1.165) is 16.1 Å². The molecular formula is C19H19ClN4O3S2. The van der Waals surface area contributed by atoms with Crippen LogP contribution in [0.3, 0.4) is 0 Å². The number of hydrogen-bond acceptors (Lipinski definition) is 6. The molecule has 1 amide bonds. The van der Waals surface area contributed by atoms with Crippen LogP contribution >= 0.6 is 22.9 Å². The maximum atomic E-state index is 12.9. The Kier molecular flexibility index (Phi) is 6.51. The molecule has 0 aliphatic heterocycles. The van der Waals surface area contributed by atoms with Gasteiger partial charge in [-0.2, -0.15) is 0 Å². The van der Waals surface area contributed by atoms with Crippen LogP contribution in [0.15, 0.2) is 54.6 Å². The molecular weight excluding hydrogens is 432 g/mol. The van der Waals surface area contributed by atoms with Crippen molar-refractivity contribution >= 4 is 49.7 Å². The minimum atomic E-state index is -3.72. The fraction of sp³-hybridized carbons (Fsp3) is 0.211. The molecule has 1 N–H and O–H groups in total. The number of rotatable bonds is 7. The van der Waals surface area contributed by atoms with E-state index in [1.54, 1.807) is 31.2 Å². The van der Waals surface area contributed by atoms with Crippen LogP contribution < -0.4 is 9.62 Å². The van der Waals surface area contributed by atoms with Crippen molar-refractivity contribution in [3.63, 3.8) is 0 Å². The monoisotopic (exact) mass is 450 g/mol. The van der Waals surface area contributed by atoms with E-state index in [-0.39, 0.29) is 6.42 Å². The van der Waals surface area contributed by atoms with Gasteiger partial charge in [0, 0.05) is 10.6 Å². The number of carbonyl (C=O) groups excluding carboxylic acids is 1. The van der Waals surface area contributed by atoms with Gasteiger partial charge in [-0.3, -0.25) is 14.4 Å². The fourth-order valence-corrected chi connectivity index (χ4v) is 4.90. The summed E-state index contributed by atoms with van der Waals surface area (Å²) in [4.78, 5) is 12.9. The highest BCUT2D eigenvalue weighted by molar-refractivity contribution is 7.92. The van der Waals surface area contributed by atoms with Gasteiger partial charge in [-0.05, 0) is 30.7 Å². The van der Waals surface area contributed by atoms with Crippen molar-refractivity contribution in [3.8, 4) is 10.6 Å². The molecule has 0 bridgehead atoms. The molecule has 7 nitrogen and oxygen atoms in total. The molecule has 0 radical (unpaired) electrons. The molecule has 3 rings (SSSR count). The third kappa shape index (κ3) is 5.11. The predicted molar refractivity (Wildman–Crippen MR) is 117 cm³/mol. The molecule has 0 fully saturated rings. The molecule has 0 aliphatic carbocycles. The van der Waals surface area contributed by atoms with Crippen LogP contribution in [0.2, 0.25) is 5.02 Å². The van der Waals surface area contributed by atoms with E-state index in [1.165, 1.54) is 11.3 Å². The second-order valence-electron chi connectivity index (χ2n) is 6.23. The van der Waals surface area contributed by atoms with Gasteiger partial charge in [0.15, 0.2) is 0 Å².